The largest absolute Gasteiger partial charge is 0.492 e. The van der Waals surface area contributed by atoms with Crippen LogP contribution in [-0.4, -0.2) is 37.6 Å². The van der Waals surface area contributed by atoms with E-state index in [4.69, 9.17) is 21.3 Å². The minimum Gasteiger partial charge on any atom is -0.492 e. The highest BCUT2D eigenvalue weighted by Crippen LogP contribution is 2.41. The van der Waals surface area contributed by atoms with Crippen LogP contribution >= 0.6 is 0 Å². The first-order chi connectivity index (χ1) is 16.5. The standard InChI is InChI=1S/C24H21N7O3/c25-22-21-23(30-24(26)29-22)27-12-15(28-21)13-31-17-5-2-1-4-14(17)8-9-16-18(31)6-3-7-19(16)34-11-10-20(32)33/h1-9,12H,10-11,13H2,(H,32,33)(H4,25,26,27,29,30). The van der Waals surface area contributed by atoms with Crippen LogP contribution in [0.4, 0.5) is 23.1 Å². The van der Waals surface area contributed by atoms with Crippen LogP contribution < -0.4 is 21.1 Å². The molecule has 34 heavy (non-hydrogen) atoms. The summed E-state index contributed by atoms with van der Waals surface area (Å²) in [5, 5.41) is 8.97. The molecule has 0 amide bonds. The van der Waals surface area contributed by atoms with E-state index in [1.165, 1.54) is 0 Å². The molecule has 3 heterocycles. The van der Waals surface area contributed by atoms with Gasteiger partial charge >= 0.3 is 5.97 Å². The molecule has 2 aromatic heterocycles. The lowest BCUT2D eigenvalue weighted by atomic mass is 10.1. The van der Waals surface area contributed by atoms with Gasteiger partial charge in [0.15, 0.2) is 17.0 Å². The molecule has 0 saturated heterocycles. The van der Waals surface area contributed by atoms with Crippen molar-refractivity contribution >= 4 is 52.4 Å². The average Bonchev–Trinajstić information content (AvgIpc) is 2.97. The molecular weight excluding hydrogens is 434 g/mol. The SMILES string of the molecule is Nc1nc(N)c2nc(CN3c4ccccc4C=Cc4c(OCCC(=O)O)cccc43)cnc2n1. The zero-order valence-electron chi connectivity index (χ0n) is 18.0. The van der Waals surface area contributed by atoms with E-state index in [1.807, 2.05) is 54.6 Å². The van der Waals surface area contributed by atoms with Crippen molar-refractivity contribution < 1.29 is 14.6 Å². The first-order valence-corrected chi connectivity index (χ1v) is 10.6. The molecule has 1 aliphatic heterocycles. The number of aromatic nitrogens is 4. The van der Waals surface area contributed by atoms with Gasteiger partial charge in [0, 0.05) is 11.3 Å². The van der Waals surface area contributed by atoms with Crippen molar-refractivity contribution in [2.45, 2.75) is 13.0 Å². The van der Waals surface area contributed by atoms with Crippen LogP contribution in [0.15, 0.2) is 48.7 Å². The van der Waals surface area contributed by atoms with Gasteiger partial charge in [-0.15, -0.1) is 0 Å². The van der Waals surface area contributed by atoms with E-state index in [0.717, 1.165) is 22.5 Å². The molecule has 10 heteroatoms. The van der Waals surface area contributed by atoms with Gasteiger partial charge in [-0.2, -0.15) is 9.97 Å². The molecule has 170 valence electrons. The van der Waals surface area contributed by atoms with Crippen LogP contribution in [0.25, 0.3) is 23.3 Å². The number of fused-ring (bicyclic) bond motifs is 3. The van der Waals surface area contributed by atoms with Gasteiger partial charge in [-0.05, 0) is 29.8 Å². The minimum atomic E-state index is -0.911. The topological polar surface area (TPSA) is 153 Å². The first kappa shape index (κ1) is 21.1. The fraction of sp³-hybridized carbons (Fsp3) is 0.125. The number of nitrogen functional groups attached to an aromatic ring is 2. The quantitative estimate of drug-likeness (QED) is 0.395. The van der Waals surface area contributed by atoms with Crippen molar-refractivity contribution in [3.63, 3.8) is 0 Å². The van der Waals surface area contributed by atoms with Gasteiger partial charge in [0.05, 0.1) is 37.2 Å². The number of rotatable bonds is 6. The molecule has 0 unspecified atom stereocenters. The predicted octanol–water partition coefficient (Wildman–Crippen LogP) is 3.26. The lowest BCUT2D eigenvalue weighted by molar-refractivity contribution is -0.137. The molecule has 5 N–H and O–H groups in total. The molecule has 1 aliphatic rings. The van der Waals surface area contributed by atoms with Crippen molar-refractivity contribution in [2.24, 2.45) is 0 Å². The smallest absolute Gasteiger partial charge is 0.306 e. The molecule has 0 bridgehead atoms. The number of para-hydroxylation sites is 1. The number of aliphatic carboxylic acids is 1. The average molecular weight is 455 g/mol. The van der Waals surface area contributed by atoms with Crippen molar-refractivity contribution in [1.29, 1.82) is 0 Å². The highest BCUT2D eigenvalue weighted by atomic mass is 16.5. The maximum atomic E-state index is 10.9. The van der Waals surface area contributed by atoms with Crippen LogP contribution in [0.3, 0.4) is 0 Å². The summed E-state index contributed by atoms with van der Waals surface area (Å²) in [7, 11) is 0. The second-order valence-corrected chi connectivity index (χ2v) is 7.66. The highest BCUT2D eigenvalue weighted by Gasteiger charge is 2.22. The molecule has 0 fully saturated rings. The number of carbonyl (C=O) groups is 1. The molecule has 0 aliphatic carbocycles. The molecule has 0 atom stereocenters. The number of hydrogen-bond acceptors (Lipinski definition) is 9. The third kappa shape index (κ3) is 4.04. The van der Waals surface area contributed by atoms with E-state index >= 15 is 0 Å². The molecule has 5 rings (SSSR count). The molecule has 0 saturated carbocycles. The zero-order chi connectivity index (χ0) is 23.7. The highest BCUT2D eigenvalue weighted by molar-refractivity contribution is 5.90. The normalized spacial score (nSPS) is 12.2. The number of carboxylic acids is 1. The second kappa shape index (κ2) is 8.66. The summed E-state index contributed by atoms with van der Waals surface area (Å²) in [6.07, 6.45) is 5.55. The van der Waals surface area contributed by atoms with E-state index in [1.54, 1.807) is 6.20 Å². The van der Waals surface area contributed by atoms with Crippen molar-refractivity contribution in [3.8, 4) is 5.75 Å². The maximum Gasteiger partial charge on any atom is 0.306 e. The number of hydrogen-bond donors (Lipinski definition) is 3. The number of ether oxygens (including phenoxy) is 1. The van der Waals surface area contributed by atoms with Crippen LogP contribution in [0.2, 0.25) is 0 Å². The van der Waals surface area contributed by atoms with Crippen molar-refractivity contribution in [2.75, 3.05) is 23.0 Å². The number of carboxylic acid groups (broad SMARTS) is 1. The van der Waals surface area contributed by atoms with Crippen LogP contribution in [0.1, 0.15) is 23.2 Å². The lowest BCUT2D eigenvalue weighted by Crippen LogP contribution is -2.19. The minimum absolute atomic E-state index is 0.0453. The number of nitrogens with two attached hydrogens (primary N) is 2. The fourth-order valence-electron chi connectivity index (χ4n) is 3.88. The number of nitrogens with zero attached hydrogens (tertiary/aromatic N) is 5. The van der Waals surface area contributed by atoms with Crippen LogP contribution in [0, 0.1) is 0 Å². The number of anilines is 4. The van der Waals surface area contributed by atoms with Gasteiger partial charge < -0.3 is 26.2 Å². The summed E-state index contributed by atoms with van der Waals surface area (Å²) in [6, 6.07) is 13.7. The molecule has 2 aromatic carbocycles. The molecule has 0 spiro atoms. The molecular formula is C24H21N7O3. The second-order valence-electron chi connectivity index (χ2n) is 7.66. The van der Waals surface area contributed by atoms with Crippen molar-refractivity contribution in [3.05, 3.63) is 65.5 Å². The zero-order valence-corrected chi connectivity index (χ0v) is 18.0. The Morgan fingerprint density at radius 1 is 1.00 bits per heavy atom. The van der Waals surface area contributed by atoms with Gasteiger partial charge in [0.2, 0.25) is 5.95 Å². The van der Waals surface area contributed by atoms with Gasteiger partial charge in [0.25, 0.3) is 0 Å². The summed E-state index contributed by atoms with van der Waals surface area (Å²) in [5.74, 6) is -0.0924. The number of benzene rings is 2. The van der Waals surface area contributed by atoms with E-state index in [2.05, 4.69) is 24.8 Å². The summed E-state index contributed by atoms with van der Waals surface area (Å²) in [6.45, 7) is 0.460. The van der Waals surface area contributed by atoms with Crippen molar-refractivity contribution in [1.82, 2.24) is 19.9 Å². The van der Waals surface area contributed by atoms with E-state index < -0.39 is 5.97 Å². The Morgan fingerprint density at radius 2 is 1.82 bits per heavy atom. The van der Waals surface area contributed by atoms with Crippen LogP contribution in [0.5, 0.6) is 5.75 Å². The van der Waals surface area contributed by atoms with Crippen LogP contribution in [-0.2, 0) is 11.3 Å². The summed E-state index contributed by atoms with van der Waals surface area (Å²) < 4.78 is 5.82. The first-order valence-electron chi connectivity index (χ1n) is 10.6. The monoisotopic (exact) mass is 455 g/mol. The van der Waals surface area contributed by atoms with Gasteiger partial charge in [0.1, 0.15) is 5.75 Å². The lowest BCUT2D eigenvalue weighted by Gasteiger charge is -2.27. The summed E-state index contributed by atoms with van der Waals surface area (Å²) in [4.78, 5) is 30.2. The predicted molar refractivity (Wildman–Crippen MR) is 129 cm³/mol. The summed E-state index contributed by atoms with van der Waals surface area (Å²) in [5.41, 5.74) is 16.8. The molecule has 10 nitrogen and oxygen atoms in total. The Balaban J connectivity index is 1.58. The fourth-order valence-corrected chi connectivity index (χ4v) is 3.88. The molecule has 0 radical (unpaired) electrons. The van der Waals surface area contributed by atoms with E-state index in [0.29, 0.717) is 29.2 Å². The Morgan fingerprint density at radius 3 is 2.68 bits per heavy atom. The Kier molecular flexibility index (Phi) is 5.38. The molecule has 4 aromatic rings. The Labute approximate surface area is 194 Å². The maximum absolute atomic E-state index is 10.9. The third-order valence-electron chi connectivity index (χ3n) is 5.39. The Bertz CT molecular complexity index is 1440. The van der Waals surface area contributed by atoms with E-state index in [-0.39, 0.29) is 24.8 Å². The van der Waals surface area contributed by atoms with Gasteiger partial charge in [-0.25, -0.2) is 9.97 Å². The Hall–Kier alpha value is -4.73. The van der Waals surface area contributed by atoms with E-state index in [9.17, 15) is 4.79 Å². The van der Waals surface area contributed by atoms with Gasteiger partial charge in [-0.3, -0.25) is 4.79 Å². The van der Waals surface area contributed by atoms with Gasteiger partial charge in [-0.1, -0.05) is 30.3 Å². The third-order valence-corrected chi connectivity index (χ3v) is 5.39. The summed E-state index contributed by atoms with van der Waals surface area (Å²) >= 11 is 0.